The van der Waals surface area contributed by atoms with Gasteiger partial charge in [0.05, 0.1) is 25.4 Å². The van der Waals surface area contributed by atoms with Crippen molar-refractivity contribution in [3.8, 4) is 11.5 Å². The number of fused-ring (bicyclic) bond motifs is 5. The molecule has 2 fully saturated rings. The van der Waals surface area contributed by atoms with Gasteiger partial charge in [-0.1, -0.05) is 31.6 Å². The molecule has 0 unspecified atom stereocenters. The van der Waals surface area contributed by atoms with Crippen LogP contribution in [0.1, 0.15) is 69.2 Å². The molecule has 0 heterocycles. The maximum atomic E-state index is 13.6. The van der Waals surface area contributed by atoms with Crippen molar-refractivity contribution in [2.24, 2.45) is 28.6 Å². The molecule has 0 amide bonds. The number of esters is 2. The Balaban J connectivity index is 1.23. The predicted molar refractivity (Wildman–Crippen MR) is 159 cm³/mol. The van der Waals surface area contributed by atoms with E-state index in [0.29, 0.717) is 19.3 Å². The lowest BCUT2D eigenvalue weighted by molar-refractivity contribution is -0.757. The maximum absolute atomic E-state index is 13.6. The molecule has 2 saturated carbocycles. The Labute approximate surface area is 265 Å². The Kier molecular flexibility index (Phi) is 9.11. The number of ketones is 2. The summed E-state index contributed by atoms with van der Waals surface area (Å²) in [5.41, 5.74) is -2.20. The number of allylic oxidation sites excluding steroid dienone is 4. The normalized spacial score (nSPS) is 32.7. The van der Waals surface area contributed by atoms with Crippen LogP contribution in [-0.2, 0) is 24.0 Å². The third kappa shape index (κ3) is 5.81. The number of nitrogens with zero attached hydrogens (tertiary/aromatic N) is 1. The van der Waals surface area contributed by atoms with Gasteiger partial charge in [-0.25, -0.2) is 4.79 Å². The fourth-order valence-corrected chi connectivity index (χ4v) is 8.44. The number of hydrogen-bond acceptors (Lipinski definition) is 12. The summed E-state index contributed by atoms with van der Waals surface area (Å²) in [7, 11) is 1.31. The molecule has 0 bridgehead atoms. The highest BCUT2D eigenvalue weighted by Gasteiger charge is 2.68. The van der Waals surface area contributed by atoms with Crippen LogP contribution < -0.4 is 9.47 Å². The Morgan fingerprint density at radius 3 is 2.65 bits per heavy atom. The van der Waals surface area contributed by atoms with Crippen LogP contribution in [0.5, 0.6) is 11.5 Å². The van der Waals surface area contributed by atoms with Crippen molar-refractivity contribution < 1.29 is 53.5 Å². The zero-order chi connectivity index (χ0) is 33.4. The topological polar surface area (TPSA) is 189 Å². The van der Waals surface area contributed by atoms with Gasteiger partial charge >= 0.3 is 11.9 Å². The summed E-state index contributed by atoms with van der Waals surface area (Å²) in [5, 5.41) is 32.7. The molecular formula is C33H39NO12. The van der Waals surface area contributed by atoms with Gasteiger partial charge in [-0.3, -0.25) is 14.4 Å². The van der Waals surface area contributed by atoms with E-state index in [9.17, 15) is 39.5 Å². The molecule has 248 valence electrons. The van der Waals surface area contributed by atoms with Gasteiger partial charge in [0.1, 0.15) is 5.60 Å². The minimum atomic E-state index is -1.81. The van der Waals surface area contributed by atoms with Gasteiger partial charge in [0.15, 0.2) is 23.9 Å². The Morgan fingerprint density at radius 1 is 1.17 bits per heavy atom. The minimum Gasteiger partial charge on any atom is -0.493 e. The molecule has 46 heavy (non-hydrogen) atoms. The summed E-state index contributed by atoms with van der Waals surface area (Å²) < 4.78 is 15.8. The van der Waals surface area contributed by atoms with E-state index in [-0.39, 0.29) is 72.9 Å². The highest BCUT2D eigenvalue weighted by molar-refractivity contribution is 5.95. The first-order valence-corrected chi connectivity index (χ1v) is 15.4. The fraction of sp³-hybridized carbons (Fsp3) is 0.576. The highest BCUT2D eigenvalue weighted by Crippen LogP contribution is 2.66. The van der Waals surface area contributed by atoms with E-state index in [1.165, 1.54) is 25.3 Å². The van der Waals surface area contributed by atoms with Crippen LogP contribution in [0.4, 0.5) is 0 Å². The zero-order valence-electron chi connectivity index (χ0n) is 26.1. The fourth-order valence-electron chi connectivity index (χ4n) is 8.44. The van der Waals surface area contributed by atoms with Crippen molar-refractivity contribution in [2.45, 2.75) is 70.5 Å². The Morgan fingerprint density at radius 2 is 1.93 bits per heavy atom. The monoisotopic (exact) mass is 641 g/mol. The number of ether oxygens (including phenoxy) is 3. The van der Waals surface area contributed by atoms with Crippen LogP contribution in [0.15, 0.2) is 42.0 Å². The molecular weight excluding hydrogens is 602 g/mol. The molecule has 13 nitrogen and oxygen atoms in total. The lowest BCUT2D eigenvalue weighted by Crippen LogP contribution is -2.61. The molecule has 0 aliphatic heterocycles. The van der Waals surface area contributed by atoms with Crippen molar-refractivity contribution in [2.75, 3.05) is 20.3 Å². The number of hydrogen-bond donors (Lipinski definition) is 2. The van der Waals surface area contributed by atoms with E-state index in [0.717, 1.165) is 5.57 Å². The van der Waals surface area contributed by atoms with Crippen molar-refractivity contribution in [1.82, 2.24) is 0 Å². The number of Topliss-reactive ketones (excluding diaryl/α,β-unsaturated/α-hetero) is 1. The maximum Gasteiger partial charge on any atom is 0.338 e. The molecule has 4 aliphatic rings. The van der Waals surface area contributed by atoms with E-state index in [4.69, 9.17) is 14.2 Å². The SMILES string of the molecule is COc1cc(C(=O)OCC(=O)[C@@]2(O)CC[C@H]3[C@@H]4CC=C5CC(=O)C=C[C@]5(C)[C@H]4[C@@H](O)C[C@@]32C)ccc1OC(=O)CCCO[N+](=O)[O-]. The first kappa shape index (κ1) is 33.3. The standard InChI is InChI=1S/C33H39NO12/c1-31-12-10-21(35)16-20(31)7-8-22-23-11-13-33(40,32(23,2)17-24(36)29(22)31)27(37)18-44-30(39)19-6-9-25(26(15-19)43-3)46-28(38)5-4-14-45-34(41)42/h6-7,9-10,12,15,22-24,29,36,40H,4-5,8,11,13-14,16-18H2,1-3H3/t22-,23-,24-,29+,31-,32-,33-/m0/s1. The summed E-state index contributed by atoms with van der Waals surface area (Å²) in [6.45, 7) is 2.95. The molecule has 1 aromatic carbocycles. The smallest absolute Gasteiger partial charge is 0.338 e. The molecule has 0 aromatic heterocycles. The van der Waals surface area contributed by atoms with E-state index < -0.39 is 52.0 Å². The average Bonchev–Trinajstić information content (AvgIpc) is 3.28. The number of methoxy groups -OCH3 is 1. The van der Waals surface area contributed by atoms with Crippen LogP contribution in [0.25, 0.3) is 0 Å². The highest BCUT2D eigenvalue weighted by atomic mass is 16.9. The summed E-state index contributed by atoms with van der Waals surface area (Å²) in [6.07, 6.45) is 6.62. The molecule has 0 saturated heterocycles. The first-order valence-electron chi connectivity index (χ1n) is 15.4. The van der Waals surface area contributed by atoms with Crippen molar-refractivity contribution in [3.63, 3.8) is 0 Å². The van der Waals surface area contributed by atoms with Crippen LogP contribution in [0.2, 0.25) is 0 Å². The van der Waals surface area contributed by atoms with Gasteiger partial charge in [-0.15, -0.1) is 10.1 Å². The van der Waals surface area contributed by atoms with Gasteiger partial charge < -0.3 is 29.3 Å². The predicted octanol–water partition coefficient (Wildman–Crippen LogP) is 3.32. The first-order chi connectivity index (χ1) is 21.7. The molecule has 1 aromatic rings. The zero-order valence-corrected chi connectivity index (χ0v) is 26.1. The lowest BCUT2D eigenvalue weighted by atomic mass is 9.47. The van der Waals surface area contributed by atoms with Gasteiger partial charge in [0, 0.05) is 29.6 Å². The average molecular weight is 642 g/mol. The van der Waals surface area contributed by atoms with Crippen molar-refractivity contribution in [1.29, 1.82) is 0 Å². The van der Waals surface area contributed by atoms with Crippen LogP contribution in [-0.4, -0.2) is 70.8 Å². The molecule has 2 N–H and O–H groups in total. The summed E-state index contributed by atoms with van der Waals surface area (Å²) in [6, 6.07) is 3.93. The second-order valence-electron chi connectivity index (χ2n) is 13.1. The molecule has 0 spiro atoms. The third-order valence-electron chi connectivity index (χ3n) is 10.7. The van der Waals surface area contributed by atoms with Crippen LogP contribution in [0, 0.1) is 38.7 Å². The second kappa shape index (κ2) is 12.6. The summed E-state index contributed by atoms with van der Waals surface area (Å²) in [4.78, 5) is 65.1. The lowest BCUT2D eigenvalue weighted by Gasteiger charge is -2.58. The van der Waals surface area contributed by atoms with Crippen LogP contribution >= 0.6 is 0 Å². The van der Waals surface area contributed by atoms with E-state index in [1.54, 1.807) is 6.08 Å². The minimum absolute atomic E-state index is 0.000754. The van der Waals surface area contributed by atoms with Gasteiger partial charge in [-0.2, -0.15) is 0 Å². The number of rotatable bonds is 11. The van der Waals surface area contributed by atoms with E-state index in [1.807, 2.05) is 13.0 Å². The number of carbonyl (C=O) groups is 4. The number of aliphatic hydroxyl groups is 2. The summed E-state index contributed by atoms with van der Waals surface area (Å²) in [5.74, 6) is -2.30. The molecule has 5 rings (SSSR count). The molecule has 13 heteroatoms. The number of benzene rings is 1. The number of carbonyl (C=O) groups excluding carboxylic acids is 4. The Bertz CT molecular complexity index is 1500. The summed E-state index contributed by atoms with van der Waals surface area (Å²) >= 11 is 0. The van der Waals surface area contributed by atoms with E-state index in [2.05, 4.69) is 17.8 Å². The molecule has 7 atom stereocenters. The largest absolute Gasteiger partial charge is 0.493 e. The van der Waals surface area contributed by atoms with Crippen molar-refractivity contribution in [3.05, 3.63) is 57.7 Å². The number of aliphatic hydroxyl groups excluding tert-OH is 1. The van der Waals surface area contributed by atoms with Crippen LogP contribution in [0.3, 0.4) is 0 Å². The molecule has 4 aliphatic carbocycles. The van der Waals surface area contributed by atoms with Gasteiger partial charge in [0.25, 0.3) is 5.09 Å². The third-order valence-corrected chi connectivity index (χ3v) is 10.7. The van der Waals surface area contributed by atoms with Gasteiger partial charge in [0.2, 0.25) is 5.78 Å². The second-order valence-corrected chi connectivity index (χ2v) is 13.1. The van der Waals surface area contributed by atoms with Crippen molar-refractivity contribution >= 4 is 23.5 Å². The molecule has 0 radical (unpaired) electrons. The quantitative estimate of drug-likeness (QED) is 0.0897. The van der Waals surface area contributed by atoms with Gasteiger partial charge in [-0.05, 0) is 68.2 Å². The van der Waals surface area contributed by atoms with E-state index >= 15 is 0 Å². The Hall–Kier alpha value is -4.10.